The number of esters is 1. The standard InChI is InChI=1S/C9H6BrNO2/c10-5-9(12)13-8-3-1-7(6-11)2-4-8/h1-4H,5H2. The van der Waals surface area contributed by atoms with Gasteiger partial charge in [-0.3, -0.25) is 4.79 Å². The van der Waals surface area contributed by atoms with Gasteiger partial charge in [-0.15, -0.1) is 0 Å². The summed E-state index contributed by atoms with van der Waals surface area (Å²) in [5.41, 5.74) is 0.540. The van der Waals surface area contributed by atoms with Crippen LogP contribution in [0.3, 0.4) is 0 Å². The molecular formula is C9H6BrNO2. The van der Waals surface area contributed by atoms with Gasteiger partial charge in [0.2, 0.25) is 0 Å². The summed E-state index contributed by atoms with van der Waals surface area (Å²) in [5.74, 6) is 0.0909. The molecule has 0 aliphatic heterocycles. The number of hydrogen-bond acceptors (Lipinski definition) is 3. The molecule has 0 aromatic heterocycles. The van der Waals surface area contributed by atoms with Crippen molar-refractivity contribution in [3.8, 4) is 11.8 Å². The fourth-order valence-corrected chi connectivity index (χ4v) is 0.871. The van der Waals surface area contributed by atoms with Crippen LogP contribution in [-0.2, 0) is 4.79 Å². The van der Waals surface area contributed by atoms with Crippen LogP contribution in [0.4, 0.5) is 0 Å². The highest BCUT2D eigenvalue weighted by Crippen LogP contribution is 2.11. The summed E-state index contributed by atoms with van der Waals surface area (Å²) in [7, 11) is 0. The van der Waals surface area contributed by atoms with Gasteiger partial charge in [0, 0.05) is 0 Å². The van der Waals surface area contributed by atoms with Crippen LogP contribution in [0.1, 0.15) is 5.56 Å². The van der Waals surface area contributed by atoms with Crippen molar-refractivity contribution in [2.24, 2.45) is 0 Å². The average Bonchev–Trinajstić information content (AvgIpc) is 2.19. The topological polar surface area (TPSA) is 50.1 Å². The summed E-state index contributed by atoms with van der Waals surface area (Å²) in [6.45, 7) is 0. The summed E-state index contributed by atoms with van der Waals surface area (Å²) < 4.78 is 4.87. The van der Waals surface area contributed by atoms with E-state index in [9.17, 15) is 4.79 Å². The minimum Gasteiger partial charge on any atom is -0.426 e. The molecule has 0 aliphatic carbocycles. The van der Waals surface area contributed by atoms with Crippen molar-refractivity contribution >= 4 is 21.9 Å². The third-order valence-electron chi connectivity index (χ3n) is 1.32. The number of hydrogen-bond donors (Lipinski definition) is 0. The molecule has 0 radical (unpaired) electrons. The Balaban J connectivity index is 2.71. The van der Waals surface area contributed by atoms with E-state index in [2.05, 4.69) is 15.9 Å². The van der Waals surface area contributed by atoms with Crippen molar-refractivity contribution in [1.82, 2.24) is 0 Å². The van der Waals surface area contributed by atoms with E-state index < -0.39 is 0 Å². The SMILES string of the molecule is N#Cc1ccc(OC(=O)CBr)cc1. The van der Waals surface area contributed by atoms with E-state index in [-0.39, 0.29) is 11.3 Å². The Hall–Kier alpha value is -1.34. The molecule has 1 aromatic rings. The van der Waals surface area contributed by atoms with Crippen LogP contribution in [-0.4, -0.2) is 11.3 Å². The second kappa shape index (κ2) is 4.63. The van der Waals surface area contributed by atoms with E-state index in [1.165, 1.54) is 0 Å². The summed E-state index contributed by atoms with van der Waals surface area (Å²) in [4.78, 5) is 10.8. The second-order valence-corrected chi connectivity index (χ2v) is 2.80. The molecule has 1 aromatic carbocycles. The van der Waals surface area contributed by atoms with E-state index in [1.807, 2.05) is 6.07 Å². The van der Waals surface area contributed by atoms with Crippen LogP contribution in [0.15, 0.2) is 24.3 Å². The van der Waals surface area contributed by atoms with E-state index >= 15 is 0 Å². The van der Waals surface area contributed by atoms with Gasteiger partial charge < -0.3 is 4.74 Å². The Bertz CT molecular complexity index is 340. The molecular weight excluding hydrogens is 234 g/mol. The number of carbonyl (C=O) groups is 1. The molecule has 4 heteroatoms. The zero-order valence-electron chi connectivity index (χ0n) is 6.66. The lowest BCUT2D eigenvalue weighted by atomic mass is 10.2. The molecule has 0 atom stereocenters. The average molecular weight is 240 g/mol. The Morgan fingerprint density at radius 2 is 2.08 bits per heavy atom. The number of carbonyl (C=O) groups excluding carboxylic acids is 1. The largest absolute Gasteiger partial charge is 0.426 e. The van der Waals surface area contributed by atoms with E-state index in [0.29, 0.717) is 11.3 Å². The molecule has 0 N–H and O–H groups in total. The van der Waals surface area contributed by atoms with Gasteiger partial charge in [-0.25, -0.2) is 0 Å². The van der Waals surface area contributed by atoms with Crippen molar-refractivity contribution in [1.29, 1.82) is 5.26 Å². The van der Waals surface area contributed by atoms with Crippen molar-refractivity contribution in [3.63, 3.8) is 0 Å². The van der Waals surface area contributed by atoms with Crippen LogP contribution >= 0.6 is 15.9 Å². The third-order valence-corrected chi connectivity index (χ3v) is 1.78. The maximum Gasteiger partial charge on any atom is 0.321 e. The lowest BCUT2D eigenvalue weighted by Crippen LogP contribution is -2.08. The van der Waals surface area contributed by atoms with Crippen LogP contribution in [0.5, 0.6) is 5.75 Å². The third kappa shape index (κ3) is 2.88. The van der Waals surface area contributed by atoms with E-state index in [0.717, 1.165) is 0 Å². The normalized spacial score (nSPS) is 8.92. The molecule has 0 fully saturated rings. The molecule has 0 aliphatic rings. The van der Waals surface area contributed by atoms with Crippen molar-refractivity contribution in [3.05, 3.63) is 29.8 Å². The van der Waals surface area contributed by atoms with Gasteiger partial charge in [0.05, 0.1) is 11.6 Å². The van der Waals surface area contributed by atoms with Crippen molar-refractivity contribution < 1.29 is 9.53 Å². The summed E-state index contributed by atoms with van der Waals surface area (Å²) in [5, 5.41) is 8.65. The van der Waals surface area contributed by atoms with E-state index in [1.54, 1.807) is 24.3 Å². The first kappa shape index (κ1) is 9.75. The number of ether oxygens (including phenoxy) is 1. The highest BCUT2D eigenvalue weighted by molar-refractivity contribution is 9.09. The van der Waals surface area contributed by atoms with Crippen LogP contribution in [0.25, 0.3) is 0 Å². The Morgan fingerprint density at radius 1 is 1.46 bits per heavy atom. The number of benzene rings is 1. The fraction of sp³-hybridized carbons (Fsp3) is 0.111. The van der Waals surface area contributed by atoms with Crippen molar-refractivity contribution in [2.45, 2.75) is 0 Å². The highest BCUT2D eigenvalue weighted by atomic mass is 79.9. The molecule has 1 rings (SSSR count). The van der Waals surface area contributed by atoms with Gasteiger partial charge >= 0.3 is 5.97 Å². The molecule has 66 valence electrons. The van der Waals surface area contributed by atoms with Crippen molar-refractivity contribution in [2.75, 3.05) is 5.33 Å². The summed E-state index contributed by atoms with van der Waals surface area (Å²) in [6.07, 6.45) is 0. The zero-order valence-corrected chi connectivity index (χ0v) is 8.24. The molecule has 0 saturated heterocycles. The van der Waals surface area contributed by atoms with Gasteiger partial charge in [-0.05, 0) is 24.3 Å². The summed E-state index contributed by atoms with van der Waals surface area (Å²) in [6, 6.07) is 8.32. The van der Waals surface area contributed by atoms with Crippen LogP contribution in [0, 0.1) is 11.3 Å². The molecule has 0 amide bonds. The first-order chi connectivity index (χ1) is 6.26. The molecule has 0 saturated carbocycles. The monoisotopic (exact) mass is 239 g/mol. The Labute approximate surface area is 84.1 Å². The quantitative estimate of drug-likeness (QED) is 0.450. The molecule has 0 bridgehead atoms. The molecule has 0 heterocycles. The molecule has 13 heavy (non-hydrogen) atoms. The zero-order chi connectivity index (χ0) is 9.68. The predicted octanol–water partition coefficient (Wildman–Crippen LogP) is 1.86. The van der Waals surface area contributed by atoms with Crippen LogP contribution in [0.2, 0.25) is 0 Å². The Morgan fingerprint density at radius 3 is 2.54 bits per heavy atom. The number of nitrogens with zero attached hydrogens (tertiary/aromatic N) is 1. The lowest BCUT2D eigenvalue weighted by Gasteiger charge is -2.00. The Kier molecular flexibility index (Phi) is 3.47. The van der Waals surface area contributed by atoms with Crippen LogP contribution < -0.4 is 4.74 Å². The van der Waals surface area contributed by atoms with Gasteiger partial charge in [0.1, 0.15) is 11.1 Å². The maximum atomic E-state index is 10.8. The van der Waals surface area contributed by atoms with E-state index in [4.69, 9.17) is 10.00 Å². The molecule has 3 nitrogen and oxygen atoms in total. The lowest BCUT2D eigenvalue weighted by molar-refractivity contribution is -0.131. The maximum absolute atomic E-state index is 10.8. The minimum absolute atomic E-state index is 0.160. The van der Waals surface area contributed by atoms with Gasteiger partial charge in [-0.2, -0.15) is 5.26 Å². The first-order valence-electron chi connectivity index (χ1n) is 3.53. The van der Waals surface area contributed by atoms with Gasteiger partial charge in [0.25, 0.3) is 0 Å². The van der Waals surface area contributed by atoms with Gasteiger partial charge in [-0.1, -0.05) is 15.9 Å². The smallest absolute Gasteiger partial charge is 0.321 e. The van der Waals surface area contributed by atoms with Gasteiger partial charge in [0.15, 0.2) is 0 Å². The molecule has 0 spiro atoms. The predicted molar refractivity (Wildman–Crippen MR) is 50.6 cm³/mol. The highest BCUT2D eigenvalue weighted by Gasteiger charge is 2.01. The summed E-state index contributed by atoms with van der Waals surface area (Å²) >= 11 is 2.97. The second-order valence-electron chi connectivity index (χ2n) is 2.24. The number of rotatable bonds is 2. The first-order valence-corrected chi connectivity index (χ1v) is 4.65. The number of nitriles is 1. The fourth-order valence-electron chi connectivity index (χ4n) is 0.756. The number of alkyl halides is 1. The minimum atomic E-state index is -0.357. The number of halogens is 1. The molecule has 0 unspecified atom stereocenters.